The van der Waals surface area contributed by atoms with Gasteiger partial charge in [0.05, 0.1) is 6.10 Å². The van der Waals surface area contributed by atoms with Gasteiger partial charge in [0.2, 0.25) is 0 Å². The Morgan fingerprint density at radius 2 is 2.10 bits per heavy atom. The van der Waals surface area contributed by atoms with E-state index in [4.69, 9.17) is 4.74 Å². The monoisotopic (exact) mass is 292 g/mol. The molecule has 0 aromatic carbocycles. The molecular weight excluding hydrogens is 264 g/mol. The van der Waals surface area contributed by atoms with E-state index in [9.17, 15) is 0 Å². The summed E-state index contributed by atoms with van der Waals surface area (Å²) in [4.78, 5) is 11.6. The second-order valence-corrected chi connectivity index (χ2v) is 5.98. The summed E-state index contributed by atoms with van der Waals surface area (Å²) in [6.45, 7) is 11.4. The van der Waals surface area contributed by atoms with Crippen molar-refractivity contribution in [1.82, 2.24) is 9.97 Å². The van der Waals surface area contributed by atoms with Gasteiger partial charge in [0, 0.05) is 32.3 Å². The second kappa shape index (κ2) is 7.07. The first-order chi connectivity index (χ1) is 10.1. The quantitative estimate of drug-likeness (QED) is 0.904. The van der Waals surface area contributed by atoms with Crippen LogP contribution in [0.5, 0.6) is 0 Å². The lowest BCUT2D eigenvalue weighted by Crippen LogP contribution is -2.44. The lowest BCUT2D eigenvalue weighted by atomic mass is 9.95. The Hall–Kier alpha value is -1.36. The number of nitrogens with zero attached hydrogens (tertiary/aromatic N) is 3. The molecule has 5 nitrogen and oxygen atoms in total. The van der Waals surface area contributed by atoms with Crippen LogP contribution in [0.1, 0.15) is 38.1 Å². The number of aromatic nitrogens is 2. The highest BCUT2D eigenvalue weighted by Crippen LogP contribution is 2.28. The molecule has 1 aromatic rings. The van der Waals surface area contributed by atoms with Crippen molar-refractivity contribution in [3.05, 3.63) is 11.4 Å². The van der Waals surface area contributed by atoms with Gasteiger partial charge >= 0.3 is 0 Å². The van der Waals surface area contributed by atoms with Crippen LogP contribution < -0.4 is 10.2 Å². The zero-order chi connectivity index (χ0) is 15.4. The molecule has 2 heterocycles. The summed E-state index contributed by atoms with van der Waals surface area (Å²) in [7, 11) is 1.80. The number of nitrogens with one attached hydrogen (secondary N) is 1. The molecule has 0 aliphatic carbocycles. The molecule has 1 aliphatic heterocycles. The summed E-state index contributed by atoms with van der Waals surface area (Å²) >= 11 is 0. The first kappa shape index (κ1) is 16.0. The average Bonchev–Trinajstić information content (AvgIpc) is 2.48. The van der Waals surface area contributed by atoms with Crippen molar-refractivity contribution in [3.8, 4) is 0 Å². The van der Waals surface area contributed by atoms with Gasteiger partial charge in [0.15, 0.2) is 0 Å². The maximum absolute atomic E-state index is 5.62. The first-order valence-electron chi connectivity index (χ1n) is 7.93. The van der Waals surface area contributed by atoms with Gasteiger partial charge in [0.1, 0.15) is 17.5 Å². The fourth-order valence-corrected chi connectivity index (χ4v) is 2.87. The summed E-state index contributed by atoms with van der Waals surface area (Å²) in [6.07, 6.45) is 2.50. The molecule has 0 radical (unpaired) electrons. The molecule has 2 atom stereocenters. The van der Waals surface area contributed by atoms with Gasteiger partial charge < -0.3 is 15.0 Å². The molecule has 0 spiro atoms. The van der Waals surface area contributed by atoms with Crippen LogP contribution in [0.4, 0.5) is 11.6 Å². The fourth-order valence-electron chi connectivity index (χ4n) is 2.87. The van der Waals surface area contributed by atoms with Crippen LogP contribution in [0, 0.1) is 19.8 Å². The van der Waals surface area contributed by atoms with Crippen molar-refractivity contribution in [2.75, 3.05) is 37.0 Å². The molecule has 2 rings (SSSR count). The van der Waals surface area contributed by atoms with Crippen LogP contribution in [0.2, 0.25) is 0 Å². The predicted molar refractivity (Wildman–Crippen MR) is 87.1 cm³/mol. The third-order valence-corrected chi connectivity index (χ3v) is 4.27. The Kier molecular flexibility index (Phi) is 5.39. The smallest absolute Gasteiger partial charge is 0.137 e. The summed E-state index contributed by atoms with van der Waals surface area (Å²) < 4.78 is 5.62. The van der Waals surface area contributed by atoms with E-state index in [0.717, 1.165) is 55.5 Å². The van der Waals surface area contributed by atoms with E-state index in [1.807, 2.05) is 6.92 Å². The van der Waals surface area contributed by atoms with Crippen LogP contribution in [0.15, 0.2) is 0 Å². The second-order valence-electron chi connectivity index (χ2n) is 5.98. The minimum atomic E-state index is 0.278. The maximum Gasteiger partial charge on any atom is 0.137 e. The van der Waals surface area contributed by atoms with Gasteiger partial charge in [-0.1, -0.05) is 13.8 Å². The topological polar surface area (TPSA) is 50.3 Å². The molecule has 0 bridgehead atoms. The Balaban J connectivity index is 2.24. The molecule has 1 saturated heterocycles. The summed E-state index contributed by atoms with van der Waals surface area (Å²) in [6, 6.07) is 0. The number of methoxy groups -OCH3 is 1. The normalized spacial score (nSPS) is 22.4. The van der Waals surface area contributed by atoms with Gasteiger partial charge in [-0.3, -0.25) is 0 Å². The van der Waals surface area contributed by atoms with Gasteiger partial charge in [-0.15, -0.1) is 0 Å². The van der Waals surface area contributed by atoms with E-state index >= 15 is 0 Å². The van der Waals surface area contributed by atoms with Crippen LogP contribution >= 0.6 is 0 Å². The third-order valence-electron chi connectivity index (χ3n) is 4.27. The van der Waals surface area contributed by atoms with E-state index in [1.165, 1.54) is 0 Å². The Bertz CT molecular complexity index is 478. The minimum absolute atomic E-state index is 0.278. The van der Waals surface area contributed by atoms with Gasteiger partial charge in [-0.2, -0.15) is 0 Å². The molecule has 0 saturated carbocycles. The Labute approximate surface area is 128 Å². The first-order valence-corrected chi connectivity index (χ1v) is 7.93. The number of hydrogen-bond acceptors (Lipinski definition) is 5. The van der Waals surface area contributed by atoms with Crippen molar-refractivity contribution >= 4 is 11.6 Å². The molecule has 21 heavy (non-hydrogen) atoms. The number of aryl methyl sites for hydroxylation is 1. The molecular formula is C16H28N4O. The molecule has 1 fully saturated rings. The summed E-state index contributed by atoms with van der Waals surface area (Å²) in [5, 5.41) is 3.41. The SMILES string of the molecule is CCCNc1nc(C)nc(N2CCC(C)C(OC)C2)c1C. The molecule has 1 N–H and O–H groups in total. The highest BCUT2D eigenvalue weighted by atomic mass is 16.5. The summed E-state index contributed by atoms with van der Waals surface area (Å²) in [5.41, 5.74) is 1.14. The number of rotatable bonds is 5. The van der Waals surface area contributed by atoms with E-state index in [1.54, 1.807) is 7.11 Å². The summed E-state index contributed by atoms with van der Waals surface area (Å²) in [5.74, 6) is 3.44. The van der Waals surface area contributed by atoms with Gasteiger partial charge in [0.25, 0.3) is 0 Å². The standard InChI is InChI=1S/C16H28N4O/c1-6-8-17-15-12(3)16(19-13(4)18-15)20-9-7-11(2)14(10-20)21-5/h11,14H,6-10H2,1-5H3,(H,17,18,19). The third kappa shape index (κ3) is 3.64. The van der Waals surface area contributed by atoms with Crippen molar-refractivity contribution in [2.24, 2.45) is 5.92 Å². The van der Waals surface area contributed by atoms with Crippen molar-refractivity contribution in [1.29, 1.82) is 0 Å². The number of anilines is 2. The zero-order valence-corrected chi connectivity index (χ0v) is 13.9. The van der Waals surface area contributed by atoms with E-state index < -0.39 is 0 Å². The van der Waals surface area contributed by atoms with Crippen LogP contribution in [-0.2, 0) is 4.74 Å². The van der Waals surface area contributed by atoms with E-state index in [0.29, 0.717) is 5.92 Å². The lowest BCUT2D eigenvalue weighted by molar-refractivity contribution is 0.0496. The largest absolute Gasteiger partial charge is 0.379 e. The Morgan fingerprint density at radius 3 is 2.76 bits per heavy atom. The van der Waals surface area contributed by atoms with Crippen LogP contribution in [0.3, 0.4) is 0 Å². The molecule has 118 valence electrons. The molecule has 1 aromatic heterocycles. The molecule has 0 amide bonds. The molecule has 1 aliphatic rings. The van der Waals surface area contributed by atoms with Gasteiger partial charge in [-0.05, 0) is 32.6 Å². The molecule has 5 heteroatoms. The van der Waals surface area contributed by atoms with Crippen molar-refractivity contribution in [3.63, 3.8) is 0 Å². The number of ether oxygens (including phenoxy) is 1. The van der Waals surface area contributed by atoms with E-state index in [-0.39, 0.29) is 6.10 Å². The highest BCUT2D eigenvalue weighted by molar-refractivity contribution is 5.59. The Morgan fingerprint density at radius 1 is 1.33 bits per heavy atom. The van der Waals surface area contributed by atoms with E-state index in [2.05, 4.69) is 41.0 Å². The highest BCUT2D eigenvalue weighted by Gasteiger charge is 2.28. The van der Waals surface area contributed by atoms with Crippen molar-refractivity contribution in [2.45, 2.75) is 46.6 Å². The number of hydrogen-bond donors (Lipinski definition) is 1. The average molecular weight is 292 g/mol. The fraction of sp³-hybridized carbons (Fsp3) is 0.750. The number of piperidine rings is 1. The predicted octanol–water partition coefficient (Wildman–Crippen LogP) is 2.78. The molecule has 2 unspecified atom stereocenters. The van der Waals surface area contributed by atoms with Gasteiger partial charge in [-0.25, -0.2) is 9.97 Å². The lowest BCUT2D eigenvalue weighted by Gasteiger charge is -2.37. The van der Waals surface area contributed by atoms with Crippen LogP contribution in [-0.4, -0.2) is 42.8 Å². The zero-order valence-electron chi connectivity index (χ0n) is 13.9. The minimum Gasteiger partial charge on any atom is -0.379 e. The maximum atomic E-state index is 5.62. The van der Waals surface area contributed by atoms with Crippen LogP contribution in [0.25, 0.3) is 0 Å². The van der Waals surface area contributed by atoms with Crippen molar-refractivity contribution < 1.29 is 4.74 Å².